The number of fused-ring (bicyclic) bond motifs is 1. The van der Waals surface area contributed by atoms with Crippen LogP contribution in [0.2, 0.25) is 0 Å². The number of carbonyl (C=O) groups is 2. The zero-order valence-electron chi connectivity index (χ0n) is 16.5. The summed E-state index contributed by atoms with van der Waals surface area (Å²) in [5.41, 5.74) is 1.59. The van der Waals surface area contributed by atoms with E-state index in [1.165, 1.54) is 0 Å². The van der Waals surface area contributed by atoms with Gasteiger partial charge in [-0.1, -0.05) is 24.3 Å². The molecular weight excluding hydrogens is 384 g/mol. The van der Waals surface area contributed by atoms with Crippen molar-refractivity contribution >= 4 is 33.2 Å². The van der Waals surface area contributed by atoms with E-state index in [2.05, 4.69) is 11.1 Å². The maximum atomic E-state index is 13.0. The van der Waals surface area contributed by atoms with Gasteiger partial charge in [0.1, 0.15) is 5.75 Å². The van der Waals surface area contributed by atoms with Crippen molar-refractivity contribution in [1.82, 2.24) is 9.88 Å². The van der Waals surface area contributed by atoms with Gasteiger partial charge in [-0.15, -0.1) is 11.3 Å². The molecule has 0 aliphatic carbocycles. The highest BCUT2D eigenvalue weighted by atomic mass is 32.1. The summed E-state index contributed by atoms with van der Waals surface area (Å²) >= 11 is 1.64. The molecule has 0 spiro atoms. The van der Waals surface area contributed by atoms with E-state index in [1.54, 1.807) is 30.6 Å². The number of ether oxygens (including phenoxy) is 1. The molecule has 1 aromatic heterocycles. The van der Waals surface area contributed by atoms with Crippen molar-refractivity contribution in [3.8, 4) is 5.75 Å². The number of Topliss-reactive ketones (excluding diaryl/α,β-unsaturated/α-hetero) is 1. The Hall–Kier alpha value is -2.73. The average molecular weight is 409 g/mol. The van der Waals surface area contributed by atoms with Crippen LogP contribution in [0.25, 0.3) is 10.2 Å². The molecule has 0 N–H and O–H groups in total. The van der Waals surface area contributed by atoms with Crippen molar-refractivity contribution in [3.05, 3.63) is 59.1 Å². The van der Waals surface area contributed by atoms with Crippen molar-refractivity contribution in [2.45, 2.75) is 25.7 Å². The fourth-order valence-electron chi connectivity index (χ4n) is 3.88. The van der Waals surface area contributed by atoms with Gasteiger partial charge in [0.15, 0.2) is 5.78 Å². The molecule has 1 fully saturated rings. The fraction of sp³-hybridized carbons (Fsp3) is 0.348. The number of ketones is 1. The van der Waals surface area contributed by atoms with E-state index in [4.69, 9.17) is 4.74 Å². The van der Waals surface area contributed by atoms with Crippen LogP contribution in [0.5, 0.6) is 5.75 Å². The van der Waals surface area contributed by atoms with E-state index < -0.39 is 0 Å². The van der Waals surface area contributed by atoms with Gasteiger partial charge in [-0.25, -0.2) is 4.98 Å². The lowest BCUT2D eigenvalue weighted by atomic mass is 9.89. The Kier molecular flexibility index (Phi) is 5.90. The number of rotatable bonds is 6. The van der Waals surface area contributed by atoms with E-state index >= 15 is 0 Å². The van der Waals surface area contributed by atoms with Gasteiger partial charge < -0.3 is 9.64 Å². The Bertz CT molecular complexity index is 997. The van der Waals surface area contributed by atoms with Gasteiger partial charge in [0.2, 0.25) is 5.91 Å². The smallest absolute Gasteiger partial charge is 0.223 e. The van der Waals surface area contributed by atoms with Crippen LogP contribution in [-0.2, 0) is 11.2 Å². The third kappa shape index (κ3) is 4.32. The molecule has 0 radical (unpaired) electrons. The fourth-order valence-corrected chi connectivity index (χ4v) is 4.85. The number of thiazole rings is 1. The van der Waals surface area contributed by atoms with Crippen LogP contribution in [0, 0.1) is 5.92 Å². The Morgan fingerprint density at radius 2 is 1.97 bits per heavy atom. The number of hydrogen-bond acceptors (Lipinski definition) is 5. The first-order valence-electron chi connectivity index (χ1n) is 9.95. The summed E-state index contributed by atoms with van der Waals surface area (Å²) in [4.78, 5) is 32.2. The first kappa shape index (κ1) is 19.6. The highest BCUT2D eigenvalue weighted by molar-refractivity contribution is 7.18. The van der Waals surface area contributed by atoms with Crippen LogP contribution >= 0.6 is 11.3 Å². The number of nitrogens with zero attached hydrogens (tertiary/aromatic N) is 2. The van der Waals surface area contributed by atoms with Crippen LogP contribution in [0.4, 0.5) is 0 Å². The summed E-state index contributed by atoms with van der Waals surface area (Å²) in [7, 11) is 1.57. The quantitative estimate of drug-likeness (QED) is 0.569. The molecule has 1 amide bonds. The Morgan fingerprint density at radius 3 is 2.79 bits per heavy atom. The maximum Gasteiger partial charge on any atom is 0.223 e. The largest absolute Gasteiger partial charge is 0.496 e. The predicted molar refractivity (Wildman–Crippen MR) is 115 cm³/mol. The SMILES string of the molecule is COc1ccccc1C(=O)[C@H]1CCCN(C(=O)CCc2nc3ccccc3s2)C1. The lowest BCUT2D eigenvalue weighted by Crippen LogP contribution is -2.42. The number of methoxy groups -OCH3 is 1. The molecule has 2 heterocycles. The van der Waals surface area contributed by atoms with Crippen molar-refractivity contribution in [3.63, 3.8) is 0 Å². The second-order valence-electron chi connectivity index (χ2n) is 7.32. The number of hydrogen-bond donors (Lipinski definition) is 0. The molecule has 0 bridgehead atoms. The summed E-state index contributed by atoms with van der Waals surface area (Å²) in [6, 6.07) is 15.3. The van der Waals surface area contributed by atoms with Gasteiger partial charge in [0, 0.05) is 31.8 Å². The van der Waals surface area contributed by atoms with Gasteiger partial charge in [-0.05, 0) is 37.1 Å². The van der Waals surface area contributed by atoms with Crippen LogP contribution in [0.15, 0.2) is 48.5 Å². The lowest BCUT2D eigenvalue weighted by molar-refractivity contribution is -0.132. The number of para-hydroxylation sites is 2. The number of amides is 1. The number of benzene rings is 2. The molecule has 1 saturated heterocycles. The van der Waals surface area contributed by atoms with E-state index in [0.29, 0.717) is 37.2 Å². The van der Waals surface area contributed by atoms with Crippen LogP contribution in [-0.4, -0.2) is 41.8 Å². The molecule has 0 unspecified atom stereocenters. The number of aromatic nitrogens is 1. The standard InChI is InChI=1S/C23H24N2O3S/c1-28-19-10-4-2-8-17(19)23(27)16-7-6-14-25(15-16)22(26)13-12-21-24-18-9-3-5-11-20(18)29-21/h2-5,8-11,16H,6-7,12-15H2,1H3/t16-/m0/s1. The normalized spacial score (nSPS) is 16.7. The van der Waals surface area contributed by atoms with Gasteiger partial charge in [-0.3, -0.25) is 9.59 Å². The summed E-state index contributed by atoms with van der Waals surface area (Å²) in [5.74, 6) is 0.580. The first-order chi connectivity index (χ1) is 14.2. The third-order valence-electron chi connectivity index (χ3n) is 5.41. The van der Waals surface area contributed by atoms with E-state index in [0.717, 1.165) is 28.1 Å². The second-order valence-corrected chi connectivity index (χ2v) is 8.43. The van der Waals surface area contributed by atoms with E-state index in [9.17, 15) is 9.59 Å². The van der Waals surface area contributed by atoms with Crippen molar-refractivity contribution in [2.75, 3.05) is 20.2 Å². The number of aryl methyl sites for hydroxylation is 1. The monoisotopic (exact) mass is 408 g/mol. The highest BCUT2D eigenvalue weighted by Gasteiger charge is 2.30. The minimum Gasteiger partial charge on any atom is -0.496 e. The van der Waals surface area contributed by atoms with Crippen molar-refractivity contribution < 1.29 is 14.3 Å². The molecular formula is C23H24N2O3S. The van der Waals surface area contributed by atoms with Gasteiger partial charge in [0.05, 0.1) is 27.9 Å². The third-order valence-corrected chi connectivity index (χ3v) is 6.50. The Labute approximate surface area is 174 Å². The van der Waals surface area contributed by atoms with Gasteiger partial charge in [0.25, 0.3) is 0 Å². The molecule has 2 aromatic carbocycles. The minimum absolute atomic E-state index is 0.0612. The molecule has 0 saturated carbocycles. The molecule has 5 nitrogen and oxygen atoms in total. The summed E-state index contributed by atoms with van der Waals surface area (Å²) in [5, 5.41) is 0.984. The highest BCUT2D eigenvalue weighted by Crippen LogP contribution is 2.27. The second kappa shape index (κ2) is 8.74. The number of carbonyl (C=O) groups excluding carboxylic acids is 2. The van der Waals surface area contributed by atoms with Crippen LogP contribution < -0.4 is 4.74 Å². The molecule has 1 aliphatic rings. The maximum absolute atomic E-state index is 13.0. The number of likely N-dealkylation sites (tertiary alicyclic amines) is 1. The molecule has 1 aliphatic heterocycles. The van der Waals surface area contributed by atoms with Crippen molar-refractivity contribution in [1.29, 1.82) is 0 Å². The molecule has 29 heavy (non-hydrogen) atoms. The molecule has 150 valence electrons. The van der Waals surface area contributed by atoms with Gasteiger partial charge >= 0.3 is 0 Å². The van der Waals surface area contributed by atoms with Crippen LogP contribution in [0.1, 0.15) is 34.6 Å². The van der Waals surface area contributed by atoms with Gasteiger partial charge in [-0.2, -0.15) is 0 Å². The minimum atomic E-state index is -0.175. The summed E-state index contributed by atoms with van der Waals surface area (Å²) in [6.45, 7) is 1.20. The zero-order chi connectivity index (χ0) is 20.2. The zero-order valence-corrected chi connectivity index (χ0v) is 17.3. The van der Waals surface area contributed by atoms with E-state index in [1.807, 2.05) is 35.2 Å². The predicted octanol–water partition coefficient (Wildman–Crippen LogP) is 4.36. The van der Waals surface area contributed by atoms with Crippen molar-refractivity contribution in [2.24, 2.45) is 5.92 Å². The summed E-state index contributed by atoms with van der Waals surface area (Å²) in [6.07, 6.45) is 2.71. The Balaban J connectivity index is 1.38. The van der Waals surface area contributed by atoms with E-state index in [-0.39, 0.29) is 17.6 Å². The number of piperidine rings is 1. The topological polar surface area (TPSA) is 59.5 Å². The summed E-state index contributed by atoms with van der Waals surface area (Å²) < 4.78 is 6.49. The average Bonchev–Trinajstić information content (AvgIpc) is 3.20. The molecule has 6 heteroatoms. The van der Waals surface area contributed by atoms with Crippen LogP contribution in [0.3, 0.4) is 0 Å². The lowest BCUT2D eigenvalue weighted by Gasteiger charge is -2.32. The molecule has 1 atom stereocenters. The first-order valence-corrected chi connectivity index (χ1v) is 10.8. The Morgan fingerprint density at radius 1 is 1.17 bits per heavy atom. The molecule has 3 aromatic rings. The molecule has 4 rings (SSSR count).